The summed E-state index contributed by atoms with van der Waals surface area (Å²) in [5, 5.41) is 1.38. The molecule has 0 radical (unpaired) electrons. The Bertz CT molecular complexity index is 736. The van der Waals surface area contributed by atoms with Crippen molar-refractivity contribution < 1.29 is 9.47 Å². The topological polar surface area (TPSA) is 23.4 Å². The molecule has 22 heavy (non-hydrogen) atoms. The van der Waals surface area contributed by atoms with Crippen molar-refractivity contribution in [1.29, 1.82) is 0 Å². The third kappa shape index (κ3) is 2.03. The second-order valence-electron chi connectivity index (χ2n) is 8.12. The van der Waals surface area contributed by atoms with Gasteiger partial charge in [0.05, 0.1) is 12.6 Å². The van der Waals surface area contributed by atoms with Gasteiger partial charge in [0.15, 0.2) is 5.79 Å². The van der Waals surface area contributed by atoms with Gasteiger partial charge in [0.25, 0.3) is 0 Å². The molecule has 1 saturated heterocycles. The van der Waals surface area contributed by atoms with Gasteiger partial charge in [0.2, 0.25) is 0 Å². The molecule has 1 fully saturated rings. The molecule has 0 N–H and O–H groups in total. The summed E-state index contributed by atoms with van der Waals surface area (Å²) < 4.78 is 14.7. The summed E-state index contributed by atoms with van der Waals surface area (Å²) >= 11 is 0. The van der Waals surface area contributed by atoms with Crippen LogP contribution in [0.5, 0.6) is 0 Å². The van der Waals surface area contributed by atoms with Crippen molar-refractivity contribution in [2.45, 2.75) is 71.0 Å². The number of hydrogen-bond donors (Lipinski definition) is 0. The molecule has 1 aromatic carbocycles. The maximum atomic E-state index is 6.14. The summed E-state index contributed by atoms with van der Waals surface area (Å²) in [6, 6.07) is 8.75. The lowest BCUT2D eigenvalue weighted by atomic mass is 9.83. The van der Waals surface area contributed by atoms with E-state index in [0.29, 0.717) is 0 Å². The lowest BCUT2D eigenvalue weighted by Gasteiger charge is -2.29. The van der Waals surface area contributed by atoms with Gasteiger partial charge in [-0.3, -0.25) is 0 Å². The highest BCUT2D eigenvalue weighted by molar-refractivity contribution is 5.87. The number of nitrogens with zero attached hydrogens (tertiary/aromatic N) is 1. The zero-order valence-corrected chi connectivity index (χ0v) is 14.1. The lowest BCUT2D eigenvalue weighted by molar-refractivity contribution is -0.145. The van der Waals surface area contributed by atoms with Crippen molar-refractivity contribution in [3.8, 4) is 0 Å². The monoisotopic (exact) mass is 299 g/mol. The zero-order valence-electron chi connectivity index (χ0n) is 14.1. The second-order valence-corrected chi connectivity index (χ2v) is 8.12. The SMILES string of the molecule is CC1(C)OC2Cc3c(C(C)(C)C)c4ccccc4n3C[C@@H]2O1. The van der Waals surface area contributed by atoms with E-state index in [2.05, 4.69) is 49.6 Å². The first-order valence-corrected chi connectivity index (χ1v) is 8.22. The van der Waals surface area contributed by atoms with Gasteiger partial charge in [0, 0.05) is 23.0 Å². The van der Waals surface area contributed by atoms with Crippen LogP contribution in [0.25, 0.3) is 10.9 Å². The summed E-state index contributed by atoms with van der Waals surface area (Å²) in [5.74, 6) is -0.461. The maximum absolute atomic E-state index is 6.14. The smallest absolute Gasteiger partial charge is 0.163 e. The molecule has 0 aliphatic carbocycles. The standard InChI is InChI=1S/C19H25NO2/c1-18(2,3)17-12-8-6-7-9-13(12)20-11-16-15(10-14(17)20)21-19(4,5)22-16/h6-9,15-16H,10-11H2,1-5H3/t15?,16-/m0/s1. The molecule has 1 aromatic heterocycles. The van der Waals surface area contributed by atoms with Crippen LogP contribution in [0, 0.1) is 0 Å². The summed E-state index contributed by atoms with van der Waals surface area (Å²) in [6.45, 7) is 11.8. The minimum Gasteiger partial charge on any atom is -0.344 e. The van der Waals surface area contributed by atoms with E-state index in [1.165, 1.54) is 22.2 Å². The third-order valence-electron chi connectivity index (χ3n) is 4.87. The molecule has 0 saturated carbocycles. The van der Waals surface area contributed by atoms with E-state index in [9.17, 15) is 0 Å². The molecule has 2 aliphatic rings. The molecule has 0 spiro atoms. The molecule has 0 amide bonds. The van der Waals surface area contributed by atoms with Crippen molar-refractivity contribution >= 4 is 10.9 Å². The van der Waals surface area contributed by atoms with Gasteiger partial charge < -0.3 is 14.0 Å². The molecule has 3 heterocycles. The third-order valence-corrected chi connectivity index (χ3v) is 4.87. The number of aromatic nitrogens is 1. The fourth-order valence-corrected chi connectivity index (χ4v) is 4.22. The van der Waals surface area contributed by atoms with Crippen LogP contribution in [0.15, 0.2) is 24.3 Å². The van der Waals surface area contributed by atoms with Gasteiger partial charge in [-0.05, 0) is 30.9 Å². The average Bonchev–Trinajstić information content (AvgIpc) is 2.87. The van der Waals surface area contributed by atoms with Gasteiger partial charge in [-0.1, -0.05) is 39.0 Å². The molecule has 2 aromatic rings. The second kappa shape index (κ2) is 4.36. The number of benzene rings is 1. The number of para-hydroxylation sites is 1. The molecule has 3 heteroatoms. The minimum absolute atomic E-state index is 0.127. The van der Waals surface area contributed by atoms with Gasteiger partial charge in [-0.25, -0.2) is 0 Å². The molecule has 2 aliphatic heterocycles. The Morgan fingerprint density at radius 3 is 2.50 bits per heavy atom. The number of hydrogen-bond acceptors (Lipinski definition) is 2. The molecule has 1 unspecified atom stereocenters. The average molecular weight is 299 g/mol. The van der Waals surface area contributed by atoms with Crippen molar-refractivity contribution in [1.82, 2.24) is 4.57 Å². The van der Waals surface area contributed by atoms with Gasteiger partial charge in [-0.15, -0.1) is 0 Å². The first kappa shape index (κ1) is 14.3. The van der Waals surface area contributed by atoms with Crippen LogP contribution in [0.4, 0.5) is 0 Å². The molecular formula is C19H25NO2. The van der Waals surface area contributed by atoms with Crippen LogP contribution in [0.1, 0.15) is 45.9 Å². The molecule has 3 nitrogen and oxygen atoms in total. The van der Waals surface area contributed by atoms with E-state index >= 15 is 0 Å². The van der Waals surface area contributed by atoms with Gasteiger partial charge in [-0.2, -0.15) is 0 Å². The van der Waals surface area contributed by atoms with Crippen molar-refractivity contribution in [3.63, 3.8) is 0 Å². The van der Waals surface area contributed by atoms with Crippen LogP contribution >= 0.6 is 0 Å². The van der Waals surface area contributed by atoms with Crippen LogP contribution in [0.3, 0.4) is 0 Å². The minimum atomic E-state index is -0.461. The lowest BCUT2D eigenvalue weighted by Crippen LogP contribution is -2.36. The van der Waals surface area contributed by atoms with Crippen molar-refractivity contribution in [2.75, 3.05) is 0 Å². The van der Waals surface area contributed by atoms with E-state index in [4.69, 9.17) is 9.47 Å². The highest BCUT2D eigenvalue weighted by Gasteiger charge is 2.45. The Labute approximate surface area is 132 Å². The fraction of sp³-hybridized carbons (Fsp3) is 0.579. The Kier molecular flexibility index (Phi) is 2.83. The molecule has 2 atom stereocenters. The summed E-state index contributed by atoms with van der Waals surface area (Å²) in [6.07, 6.45) is 1.27. The normalized spacial score (nSPS) is 27.0. The Morgan fingerprint density at radius 2 is 1.77 bits per heavy atom. The van der Waals surface area contributed by atoms with Gasteiger partial charge in [0.1, 0.15) is 6.10 Å². The summed E-state index contributed by atoms with van der Waals surface area (Å²) in [5.41, 5.74) is 4.35. The largest absolute Gasteiger partial charge is 0.344 e. The first-order chi connectivity index (χ1) is 10.3. The van der Waals surface area contributed by atoms with Crippen molar-refractivity contribution in [3.05, 3.63) is 35.5 Å². The predicted octanol–water partition coefficient (Wildman–Crippen LogP) is 4.02. The van der Waals surface area contributed by atoms with Crippen LogP contribution in [0.2, 0.25) is 0 Å². The summed E-state index contributed by atoms with van der Waals surface area (Å²) in [7, 11) is 0. The van der Waals surface area contributed by atoms with Crippen LogP contribution in [-0.4, -0.2) is 22.6 Å². The molecule has 118 valence electrons. The Balaban J connectivity index is 1.90. The van der Waals surface area contributed by atoms with E-state index in [-0.39, 0.29) is 17.6 Å². The molecular weight excluding hydrogens is 274 g/mol. The van der Waals surface area contributed by atoms with E-state index < -0.39 is 5.79 Å². The molecule has 0 bridgehead atoms. The first-order valence-electron chi connectivity index (χ1n) is 8.22. The van der Waals surface area contributed by atoms with Gasteiger partial charge >= 0.3 is 0 Å². The number of rotatable bonds is 0. The quantitative estimate of drug-likeness (QED) is 0.733. The Hall–Kier alpha value is -1.32. The van der Waals surface area contributed by atoms with E-state index in [1.54, 1.807) is 0 Å². The fourth-order valence-electron chi connectivity index (χ4n) is 4.22. The van der Waals surface area contributed by atoms with E-state index in [0.717, 1.165) is 13.0 Å². The van der Waals surface area contributed by atoms with Crippen molar-refractivity contribution in [2.24, 2.45) is 0 Å². The summed E-state index contributed by atoms with van der Waals surface area (Å²) in [4.78, 5) is 0. The molecule has 4 rings (SSSR count). The van der Waals surface area contributed by atoms with Crippen LogP contribution < -0.4 is 0 Å². The highest BCUT2D eigenvalue weighted by Crippen LogP contribution is 2.42. The number of fused-ring (bicyclic) bond motifs is 4. The maximum Gasteiger partial charge on any atom is 0.163 e. The predicted molar refractivity (Wildman–Crippen MR) is 88.2 cm³/mol. The Morgan fingerprint density at radius 1 is 1.09 bits per heavy atom. The zero-order chi connectivity index (χ0) is 15.7. The van der Waals surface area contributed by atoms with Crippen LogP contribution in [-0.2, 0) is 27.9 Å². The highest BCUT2D eigenvalue weighted by atomic mass is 16.8. The number of ether oxygens (including phenoxy) is 2. The van der Waals surface area contributed by atoms with E-state index in [1.807, 2.05) is 13.8 Å².